The van der Waals surface area contributed by atoms with Crippen LogP contribution in [0.25, 0.3) is 0 Å². The molecule has 3 aromatic carbocycles. The van der Waals surface area contributed by atoms with Crippen molar-refractivity contribution in [3.8, 4) is 0 Å². The molecule has 1 fully saturated rings. The molecular weight excluding hydrogens is 583 g/mol. The van der Waals surface area contributed by atoms with Crippen LogP contribution >= 0.6 is 58.0 Å². The highest BCUT2D eigenvalue weighted by Crippen LogP contribution is 2.65. The van der Waals surface area contributed by atoms with E-state index >= 15 is 0 Å². The first-order valence-electron chi connectivity index (χ1n) is 10.2. The van der Waals surface area contributed by atoms with Crippen LogP contribution in [0.15, 0.2) is 60.7 Å². The molecule has 4 rings (SSSR count). The zero-order valence-corrected chi connectivity index (χ0v) is 21.5. The van der Waals surface area contributed by atoms with Crippen molar-refractivity contribution in [1.82, 2.24) is 0 Å². The van der Waals surface area contributed by atoms with Crippen molar-refractivity contribution < 1.29 is 22.8 Å². The number of benzene rings is 3. The summed E-state index contributed by atoms with van der Waals surface area (Å²) in [6.07, 6.45) is -4.50. The lowest BCUT2D eigenvalue weighted by atomic mass is 10.1. The highest BCUT2D eigenvalue weighted by Gasteiger charge is 2.67. The lowest BCUT2D eigenvalue weighted by Crippen LogP contribution is -2.18. The number of anilines is 2. The Bertz CT molecular complexity index is 1330. The maximum absolute atomic E-state index is 12.9. The minimum atomic E-state index is -4.50. The SMILES string of the molecule is O=C(Nc1ccc(C(F)(F)F)cc1)c1cc(NC(=O)[C@@H]2[C@@H](c3cc(Cl)cc(Cl)c3)C2(Cl)Cl)ccc1Cl. The van der Waals surface area contributed by atoms with Crippen molar-refractivity contribution in [3.05, 3.63) is 92.4 Å². The number of carbonyl (C=O) groups is 2. The quantitative estimate of drug-likeness (QED) is 0.291. The van der Waals surface area contributed by atoms with Gasteiger partial charge in [-0.1, -0.05) is 34.8 Å². The van der Waals surface area contributed by atoms with Gasteiger partial charge in [0.25, 0.3) is 5.91 Å². The van der Waals surface area contributed by atoms with Gasteiger partial charge < -0.3 is 10.6 Å². The summed E-state index contributed by atoms with van der Waals surface area (Å²) in [7, 11) is 0. The summed E-state index contributed by atoms with van der Waals surface area (Å²) in [4.78, 5) is 25.6. The second-order valence-electron chi connectivity index (χ2n) is 8.05. The summed E-state index contributed by atoms with van der Waals surface area (Å²) in [6, 6.07) is 12.9. The van der Waals surface area contributed by atoms with Gasteiger partial charge in [0.1, 0.15) is 4.33 Å². The number of alkyl halides is 5. The second kappa shape index (κ2) is 9.95. The number of hydrogen-bond acceptors (Lipinski definition) is 2. The molecule has 0 heterocycles. The highest BCUT2D eigenvalue weighted by atomic mass is 35.5. The molecule has 2 atom stereocenters. The Labute approximate surface area is 228 Å². The van der Waals surface area contributed by atoms with E-state index in [4.69, 9.17) is 58.0 Å². The number of hydrogen-bond donors (Lipinski definition) is 2. The molecule has 3 aromatic rings. The van der Waals surface area contributed by atoms with Crippen LogP contribution in [0.5, 0.6) is 0 Å². The van der Waals surface area contributed by atoms with E-state index in [1.807, 2.05) is 0 Å². The summed E-state index contributed by atoms with van der Waals surface area (Å²) in [5.74, 6) is -2.57. The van der Waals surface area contributed by atoms with E-state index in [2.05, 4.69) is 10.6 Å². The fourth-order valence-corrected chi connectivity index (χ4v) is 5.33. The zero-order chi connectivity index (χ0) is 26.4. The van der Waals surface area contributed by atoms with Gasteiger partial charge in [-0.05, 0) is 66.2 Å². The van der Waals surface area contributed by atoms with Crippen LogP contribution in [0.2, 0.25) is 15.1 Å². The van der Waals surface area contributed by atoms with Gasteiger partial charge in [0.05, 0.1) is 22.1 Å². The molecule has 188 valence electrons. The molecule has 1 aliphatic carbocycles. The first-order valence-corrected chi connectivity index (χ1v) is 12.1. The average Bonchev–Trinajstić information content (AvgIpc) is 3.36. The molecule has 4 nitrogen and oxygen atoms in total. The first-order chi connectivity index (χ1) is 16.8. The van der Waals surface area contributed by atoms with Crippen molar-refractivity contribution in [2.75, 3.05) is 10.6 Å². The Hall–Kier alpha value is -2.16. The van der Waals surface area contributed by atoms with Gasteiger partial charge in [0.15, 0.2) is 0 Å². The number of halogens is 8. The van der Waals surface area contributed by atoms with E-state index in [9.17, 15) is 22.8 Å². The van der Waals surface area contributed by atoms with Crippen molar-refractivity contribution in [1.29, 1.82) is 0 Å². The molecule has 1 aliphatic rings. The maximum Gasteiger partial charge on any atom is 0.416 e. The molecule has 12 heteroatoms. The number of rotatable bonds is 5. The smallest absolute Gasteiger partial charge is 0.326 e. The third-order valence-corrected chi connectivity index (χ3v) is 7.24. The summed E-state index contributed by atoms with van der Waals surface area (Å²) in [5.41, 5.74) is 0.113. The molecule has 0 saturated heterocycles. The Balaban J connectivity index is 1.48. The van der Waals surface area contributed by atoms with E-state index in [0.717, 1.165) is 24.3 Å². The van der Waals surface area contributed by atoms with Gasteiger partial charge in [-0.3, -0.25) is 9.59 Å². The minimum Gasteiger partial charge on any atom is -0.326 e. The summed E-state index contributed by atoms with van der Waals surface area (Å²) in [5, 5.41) is 5.94. The standard InChI is InChI=1S/C24H14Cl5F3N2O2/c25-13-7-11(8-14(26)9-13)19-20(23(19,28)29)22(36)34-16-5-6-18(27)17(10-16)21(35)33-15-3-1-12(2-4-15)24(30,31)32/h1-10,19-20H,(H,33,35)(H,34,36)/t19-,20+/m1/s1. The Morgan fingerprint density at radius 3 is 1.97 bits per heavy atom. The monoisotopic (exact) mass is 594 g/mol. The molecule has 2 N–H and O–H groups in total. The van der Waals surface area contributed by atoms with E-state index in [0.29, 0.717) is 15.6 Å². The van der Waals surface area contributed by atoms with Gasteiger partial charge in [-0.2, -0.15) is 13.2 Å². The molecule has 0 bridgehead atoms. The number of amides is 2. The van der Waals surface area contributed by atoms with Crippen LogP contribution in [-0.2, 0) is 11.0 Å². The molecule has 2 amide bonds. The van der Waals surface area contributed by atoms with Gasteiger partial charge in [-0.25, -0.2) is 0 Å². The molecule has 36 heavy (non-hydrogen) atoms. The first kappa shape index (κ1) is 26.9. The van der Waals surface area contributed by atoms with Gasteiger partial charge in [0.2, 0.25) is 5.91 Å². The Kier molecular flexibility index (Phi) is 7.43. The summed E-state index contributed by atoms with van der Waals surface area (Å²) < 4.78 is 36.8. The predicted molar refractivity (Wildman–Crippen MR) is 137 cm³/mol. The summed E-state index contributed by atoms with van der Waals surface area (Å²) in [6.45, 7) is 0. The summed E-state index contributed by atoms with van der Waals surface area (Å²) >= 11 is 31.0. The van der Waals surface area contributed by atoms with Gasteiger partial charge in [0, 0.05) is 27.3 Å². The van der Waals surface area contributed by atoms with E-state index in [1.54, 1.807) is 18.2 Å². The molecule has 0 aliphatic heterocycles. The Morgan fingerprint density at radius 2 is 1.39 bits per heavy atom. The Morgan fingerprint density at radius 1 is 0.806 bits per heavy atom. The molecule has 0 radical (unpaired) electrons. The average molecular weight is 597 g/mol. The maximum atomic E-state index is 12.9. The lowest BCUT2D eigenvalue weighted by molar-refractivity contribution is -0.137. The molecule has 0 aromatic heterocycles. The van der Waals surface area contributed by atoms with Crippen molar-refractivity contribution in [2.24, 2.45) is 5.92 Å². The van der Waals surface area contributed by atoms with E-state index in [1.165, 1.54) is 18.2 Å². The van der Waals surface area contributed by atoms with E-state index < -0.39 is 39.7 Å². The fraction of sp³-hybridized carbons (Fsp3) is 0.167. The van der Waals surface area contributed by atoms with Crippen LogP contribution < -0.4 is 10.6 Å². The van der Waals surface area contributed by atoms with Crippen molar-refractivity contribution >= 4 is 81.2 Å². The molecule has 0 spiro atoms. The predicted octanol–water partition coefficient (Wildman–Crippen LogP) is 8.44. The van der Waals surface area contributed by atoms with Crippen LogP contribution in [-0.4, -0.2) is 16.1 Å². The minimum absolute atomic E-state index is 0.00801. The zero-order valence-electron chi connectivity index (χ0n) is 17.8. The third kappa shape index (κ3) is 5.71. The molecule has 0 unspecified atom stereocenters. The van der Waals surface area contributed by atoms with Gasteiger partial charge in [-0.15, -0.1) is 23.2 Å². The third-order valence-electron chi connectivity index (χ3n) is 5.53. The van der Waals surface area contributed by atoms with Gasteiger partial charge >= 0.3 is 6.18 Å². The molecular formula is C24H14Cl5F3N2O2. The lowest BCUT2D eigenvalue weighted by Gasteiger charge is -2.11. The topological polar surface area (TPSA) is 58.2 Å². The highest BCUT2D eigenvalue weighted by molar-refractivity contribution is 6.53. The van der Waals surface area contributed by atoms with Crippen molar-refractivity contribution in [3.63, 3.8) is 0 Å². The second-order valence-corrected chi connectivity index (χ2v) is 10.8. The van der Waals surface area contributed by atoms with Crippen LogP contribution in [0.3, 0.4) is 0 Å². The largest absolute Gasteiger partial charge is 0.416 e. The number of nitrogens with one attached hydrogen (secondary N) is 2. The van der Waals surface area contributed by atoms with Crippen LogP contribution in [0.1, 0.15) is 27.4 Å². The van der Waals surface area contributed by atoms with Crippen LogP contribution in [0, 0.1) is 5.92 Å². The molecule has 1 saturated carbocycles. The fourth-order valence-electron chi connectivity index (χ4n) is 3.76. The number of carbonyl (C=O) groups excluding carboxylic acids is 2. The van der Waals surface area contributed by atoms with Crippen LogP contribution in [0.4, 0.5) is 24.5 Å². The normalized spacial score (nSPS) is 18.4. The van der Waals surface area contributed by atoms with Crippen molar-refractivity contribution in [2.45, 2.75) is 16.4 Å². The van der Waals surface area contributed by atoms with E-state index in [-0.39, 0.29) is 22.0 Å².